The van der Waals surface area contributed by atoms with Gasteiger partial charge in [-0.2, -0.15) is 0 Å². The Morgan fingerprint density at radius 2 is 1.24 bits per heavy atom. The number of rotatable bonds is 13. The van der Waals surface area contributed by atoms with E-state index in [0.717, 1.165) is 5.17 Å². The molecule has 1 N–H and O–H groups in total. The molecule has 2 nitrogen and oxygen atoms in total. The summed E-state index contributed by atoms with van der Waals surface area (Å²) in [5, 5.41) is 4.17. The molecule has 0 aromatic carbocycles. The molecule has 0 aliphatic carbocycles. The molecule has 0 unspecified atom stereocenters. The Labute approximate surface area is 154 Å². The summed E-state index contributed by atoms with van der Waals surface area (Å²) in [7, 11) is 3.79. The Kier molecular flexibility index (Phi) is 23.3. The number of thioether (sulfide) groups is 1. The molecule has 0 aromatic rings. The third-order valence-corrected chi connectivity index (χ3v) is 4.81. The molecule has 0 radical (unpaired) electrons. The lowest BCUT2D eigenvalue weighted by Crippen LogP contribution is -2.14. The molecule has 0 amide bonds. The molecule has 4 heteroatoms. The minimum Gasteiger partial charge on any atom is -0.368 e. The first-order chi connectivity index (χ1) is 9.85. The smallest absolute Gasteiger partial charge is 0.156 e. The molecule has 0 atom stereocenters. The molecule has 0 aliphatic rings. The van der Waals surface area contributed by atoms with Crippen molar-refractivity contribution in [2.45, 2.75) is 84.0 Å². The standard InChI is InChI=1S/C17H36N2S.HI/c1-4-5-6-7-8-9-10-11-12-13-14-15-16-20-17(18-2)19-3;/h4-16H2,1-3H3,(H,18,19);1H. The van der Waals surface area contributed by atoms with Gasteiger partial charge in [-0.3, -0.25) is 4.99 Å². The van der Waals surface area contributed by atoms with Gasteiger partial charge in [0.2, 0.25) is 0 Å². The predicted octanol–water partition coefficient (Wildman–Crippen LogP) is 6.24. The monoisotopic (exact) mass is 428 g/mol. The molecule has 21 heavy (non-hydrogen) atoms. The molecule has 0 aromatic heterocycles. The third-order valence-electron chi connectivity index (χ3n) is 3.65. The lowest BCUT2D eigenvalue weighted by molar-refractivity contribution is 0.548. The second-order valence-corrected chi connectivity index (χ2v) is 6.60. The van der Waals surface area contributed by atoms with Crippen LogP contribution in [0.3, 0.4) is 0 Å². The fourth-order valence-corrected chi connectivity index (χ4v) is 3.18. The Bertz CT molecular complexity index is 223. The summed E-state index contributed by atoms with van der Waals surface area (Å²) in [6, 6.07) is 0. The van der Waals surface area contributed by atoms with E-state index in [4.69, 9.17) is 0 Å². The maximum atomic E-state index is 4.17. The molecular weight excluding hydrogens is 391 g/mol. The van der Waals surface area contributed by atoms with E-state index in [0.29, 0.717) is 0 Å². The normalized spacial score (nSPS) is 11.3. The first-order valence-corrected chi connectivity index (χ1v) is 9.61. The van der Waals surface area contributed by atoms with Crippen LogP contribution >= 0.6 is 35.7 Å². The molecule has 0 saturated carbocycles. The van der Waals surface area contributed by atoms with Crippen molar-refractivity contribution in [3.05, 3.63) is 0 Å². The van der Waals surface area contributed by atoms with Crippen molar-refractivity contribution in [3.63, 3.8) is 0 Å². The maximum Gasteiger partial charge on any atom is 0.156 e. The van der Waals surface area contributed by atoms with Crippen LogP contribution in [0.15, 0.2) is 4.99 Å². The number of hydrogen-bond donors (Lipinski definition) is 1. The summed E-state index contributed by atoms with van der Waals surface area (Å²) in [5.41, 5.74) is 0. The molecule has 0 heterocycles. The number of unbranched alkanes of at least 4 members (excludes halogenated alkanes) is 11. The fourth-order valence-electron chi connectivity index (χ4n) is 2.36. The number of aliphatic imine (C=N–C) groups is 1. The molecule has 0 bridgehead atoms. The first kappa shape index (κ1) is 23.8. The van der Waals surface area contributed by atoms with Crippen LogP contribution in [0.2, 0.25) is 0 Å². The van der Waals surface area contributed by atoms with Crippen LogP contribution in [0.1, 0.15) is 84.0 Å². The summed E-state index contributed by atoms with van der Waals surface area (Å²) in [6.45, 7) is 2.28. The van der Waals surface area contributed by atoms with E-state index in [2.05, 4.69) is 17.2 Å². The Hall–Kier alpha value is 0.550. The number of hydrogen-bond acceptors (Lipinski definition) is 2. The van der Waals surface area contributed by atoms with Crippen molar-refractivity contribution in [2.75, 3.05) is 19.8 Å². The predicted molar refractivity (Wildman–Crippen MR) is 111 cm³/mol. The van der Waals surface area contributed by atoms with Crippen LogP contribution in [0.4, 0.5) is 0 Å². The molecule has 0 aliphatic heterocycles. The molecule has 0 saturated heterocycles. The van der Waals surface area contributed by atoms with Crippen molar-refractivity contribution in [3.8, 4) is 0 Å². The molecule has 0 fully saturated rings. The van der Waals surface area contributed by atoms with E-state index < -0.39 is 0 Å². The zero-order valence-electron chi connectivity index (χ0n) is 14.5. The van der Waals surface area contributed by atoms with Gasteiger partial charge in [0.1, 0.15) is 0 Å². The van der Waals surface area contributed by atoms with E-state index in [1.165, 1.54) is 82.8 Å². The zero-order chi connectivity index (χ0) is 14.9. The SMILES string of the molecule is CCCCCCCCCCCCCCSC(=NC)NC.I. The van der Waals surface area contributed by atoms with Crippen molar-refractivity contribution in [1.29, 1.82) is 0 Å². The lowest BCUT2D eigenvalue weighted by Gasteiger charge is -2.04. The van der Waals surface area contributed by atoms with Gasteiger partial charge in [-0.15, -0.1) is 24.0 Å². The summed E-state index contributed by atoms with van der Waals surface area (Å²) >= 11 is 1.84. The van der Waals surface area contributed by atoms with Gasteiger partial charge in [0, 0.05) is 19.8 Å². The van der Waals surface area contributed by atoms with E-state index >= 15 is 0 Å². The quantitative estimate of drug-likeness (QED) is 0.162. The fraction of sp³-hybridized carbons (Fsp3) is 0.941. The second-order valence-electron chi connectivity index (χ2n) is 5.52. The van der Waals surface area contributed by atoms with Crippen LogP contribution in [-0.2, 0) is 0 Å². The van der Waals surface area contributed by atoms with E-state index in [9.17, 15) is 0 Å². The van der Waals surface area contributed by atoms with Crippen molar-refractivity contribution < 1.29 is 0 Å². The Morgan fingerprint density at radius 1 is 0.810 bits per heavy atom. The van der Waals surface area contributed by atoms with Gasteiger partial charge in [0.25, 0.3) is 0 Å². The number of halogens is 1. The summed E-state index contributed by atoms with van der Waals surface area (Å²) in [5.74, 6) is 1.20. The Morgan fingerprint density at radius 3 is 1.62 bits per heavy atom. The van der Waals surface area contributed by atoms with Gasteiger partial charge in [0.15, 0.2) is 5.17 Å². The van der Waals surface area contributed by atoms with Gasteiger partial charge in [0.05, 0.1) is 0 Å². The molecular formula is C17H37IN2S. The molecule has 128 valence electrons. The maximum absolute atomic E-state index is 4.17. The average Bonchev–Trinajstić information content (AvgIpc) is 2.48. The van der Waals surface area contributed by atoms with Crippen LogP contribution in [0, 0.1) is 0 Å². The van der Waals surface area contributed by atoms with Gasteiger partial charge in [-0.1, -0.05) is 89.3 Å². The Balaban J connectivity index is 0. The highest BCUT2D eigenvalue weighted by molar-refractivity contribution is 14.0. The zero-order valence-corrected chi connectivity index (χ0v) is 17.6. The molecule has 0 rings (SSSR count). The van der Waals surface area contributed by atoms with E-state index in [1.807, 2.05) is 25.9 Å². The number of amidine groups is 1. The van der Waals surface area contributed by atoms with Gasteiger partial charge >= 0.3 is 0 Å². The number of nitrogens with zero attached hydrogens (tertiary/aromatic N) is 1. The van der Waals surface area contributed by atoms with Crippen molar-refractivity contribution in [2.24, 2.45) is 4.99 Å². The third kappa shape index (κ3) is 18.5. The van der Waals surface area contributed by atoms with E-state index in [1.54, 1.807) is 0 Å². The van der Waals surface area contributed by atoms with Crippen LogP contribution in [0.25, 0.3) is 0 Å². The minimum absolute atomic E-state index is 0. The highest BCUT2D eigenvalue weighted by atomic mass is 127. The first-order valence-electron chi connectivity index (χ1n) is 8.62. The minimum atomic E-state index is 0. The largest absolute Gasteiger partial charge is 0.368 e. The topological polar surface area (TPSA) is 24.4 Å². The summed E-state index contributed by atoms with van der Waals surface area (Å²) in [4.78, 5) is 4.17. The van der Waals surface area contributed by atoms with Gasteiger partial charge in [-0.05, 0) is 6.42 Å². The lowest BCUT2D eigenvalue weighted by atomic mass is 10.1. The van der Waals surface area contributed by atoms with Crippen LogP contribution in [-0.4, -0.2) is 25.0 Å². The van der Waals surface area contributed by atoms with Crippen LogP contribution < -0.4 is 5.32 Å². The van der Waals surface area contributed by atoms with E-state index in [-0.39, 0.29) is 24.0 Å². The second kappa shape index (κ2) is 20.6. The van der Waals surface area contributed by atoms with Crippen molar-refractivity contribution >= 4 is 40.9 Å². The summed E-state index contributed by atoms with van der Waals surface area (Å²) < 4.78 is 0. The average molecular weight is 428 g/mol. The summed E-state index contributed by atoms with van der Waals surface area (Å²) in [6.07, 6.45) is 17.0. The highest BCUT2D eigenvalue weighted by Crippen LogP contribution is 2.13. The van der Waals surface area contributed by atoms with Crippen molar-refractivity contribution in [1.82, 2.24) is 5.32 Å². The molecule has 0 spiro atoms. The van der Waals surface area contributed by atoms with Gasteiger partial charge in [-0.25, -0.2) is 0 Å². The highest BCUT2D eigenvalue weighted by Gasteiger charge is 1.96. The van der Waals surface area contributed by atoms with Gasteiger partial charge < -0.3 is 5.32 Å². The van der Waals surface area contributed by atoms with Crippen LogP contribution in [0.5, 0.6) is 0 Å². The number of nitrogens with one attached hydrogen (secondary N) is 1.